The summed E-state index contributed by atoms with van der Waals surface area (Å²) in [4.78, 5) is 21.9. The number of hydrogen-bond donors (Lipinski definition) is 1. The Labute approximate surface area is 164 Å². The fourth-order valence-corrected chi connectivity index (χ4v) is 3.30. The third-order valence-electron chi connectivity index (χ3n) is 4.93. The van der Waals surface area contributed by atoms with E-state index in [9.17, 15) is 4.79 Å². The van der Waals surface area contributed by atoms with Gasteiger partial charge in [0, 0.05) is 31.6 Å². The molecule has 4 rings (SSSR count). The van der Waals surface area contributed by atoms with Gasteiger partial charge in [0.05, 0.1) is 17.3 Å². The van der Waals surface area contributed by atoms with Crippen LogP contribution in [0.25, 0.3) is 10.9 Å². The number of aromatic nitrogens is 1. The number of nitrogens with zero attached hydrogens (tertiary/aromatic N) is 4. The maximum atomic E-state index is 13.2. The summed E-state index contributed by atoms with van der Waals surface area (Å²) in [6, 6.07) is 19.4. The first-order valence-electron chi connectivity index (χ1n) is 9.42. The molecule has 28 heavy (non-hydrogen) atoms. The second-order valence-corrected chi connectivity index (χ2v) is 6.95. The molecule has 2 aromatic carbocycles. The van der Waals surface area contributed by atoms with Crippen LogP contribution in [0.15, 0.2) is 65.8 Å². The number of amides is 1. The Morgan fingerprint density at radius 1 is 1.04 bits per heavy atom. The third kappa shape index (κ3) is 4.02. The van der Waals surface area contributed by atoms with Crippen LogP contribution in [-0.2, 0) is 0 Å². The van der Waals surface area contributed by atoms with Crippen molar-refractivity contribution in [2.45, 2.75) is 0 Å². The summed E-state index contributed by atoms with van der Waals surface area (Å²) in [5, 5.41) is 5.14. The minimum absolute atomic E-state index is 0.0433. The highest BCUT2D eigenvalue weighted by Crippen LogP contribution is 2.23. The van der Waals surface area contributed by atoms with Crippen LogP contribution in [-0.4, -0.2) is 60.1 Å². The number of anilines is 1. The highest BCUT2D eigenvalue weighted by Gasteiger charge is 2.22. The number of hydrogen-bond acceptors (Lipinski definition) is 5. The molecule has 1 aliphatic heterocycles. The van der Waals surface area contributed by atoms with Crippen LogP contribution in [0.3, 0.4) is 0 Å². The molecule has 3 aromatic rings. The molecule has 142 valence electrons. The van der Waals surface area contributed by atoms with Gasteiger partial charge in [0.1, 0.15) is 5.82 Å². The second-order valence-electron chi connectivity index (χ2n) is 6.95. The summed E-state index contributed by atoms with van der Waals surface area (Å²) in [5.41, 5.74) is 5.40. The number of nitrogens with one attached hydrogen (secondary N) is 1. The number of hydrazone groups is 1. The van der Waals surface area contributed by atoms with E-state index in [4.69, 9.17) is 0 Å². The summed E-state index contributed by atoms with van der Waals surface area (Å²) in [5.74, 6) is 0.602. The lowest BCUT2D eigenvalue weighted by Crippen LogP contribution is -2.47. The zero-order chi connectivity index (χ0) is 19.3. The van der Waals surface area contributed by atoms with Gasteiger partial charge in [-0.15, -0.1) is 0 Å². The molecule has 1 fully saturated rings. The van der Waals surface area contributed by atoms with Crippen molar-refractivity contribution in [2.24, 2.45) is 5.10 Å². The number of carbonyl (C=O) groups is 1. The van der Waals surface area contributed by atoms with Crippen LogP contribution >= 0.6 is 0 Å². The van der Waals surface area contributed by atoms with Crippen molar-refractivity contribution in [1.29, 1.82) is 0 Å². The van der Waals surface area contributed by atoms with E-state index in [1.165, 1.54) is 0 Å². The Morgan fingerprint density at radius 3 is 2.54 bits per heavy atom. The number of piperazine rings is 1. The average molecular weight is 373 g/mol. The van der Waals surface area contributed by atoms with Gasteiger partial charge >= 0.3 is 0 Å². The molecule has 0 unspecified atom stereocenters. The van der Waals surface area contributed by atoms with Crippen molar-refractivity contribution in [3.8, 4) is 0 Å². The standard InChI is InChI=1S/C22H23N5O/c1-26-11-13-27(14-12-26)22(28)19-15-21(24-20-10-6-5-9-18(19)20)25-23-16-17-7-3-2-4-8-17/h2-10,15-16H,11-14H2,1H3,(H,24,25)/b23-16+. The van der Waals surface area contributed by atoms with Gasteiger partial charge in [0.15, 0.2) is 0 Å². The zero-order valence-electron chi connectivity index (χ0n) is 15.9. The number of carbonyl (C=O) groups excluding carboxylic acids is 1. The minimum Gasteiger partial charge on any atom is -0.336 e. The van der Waals surface area contributed by atoms with Crippen molar-refractivity contribution in [1.82, 2.24) is 14.8 Å². The maximum Gasteiger partial charge on any atom is 0.254 e. The summed E-state index contributed by atoms with van der Waals surface area (Å²) < 4.78 is 0. The summed E-state index contributed by atoms with van der Waals surface area (Å²) in [6.07, 6.45) is 1.73. The van der Waals surface area contributed by atoms with Crippen molar-refractivity contribution in [3.05, 3.63) is 71.8 Å². The molecule has 1 amide bonds. The Hall–Kier alpha value is -3.25. The molecule has 1 N–H and O–H groups in total. The minimum atomic E-state index is 0.0433. The van der Waals surface area contributed by atoms with Gasteiger partial charge in [-0.1, -0.05) is 48.5 Å². The second kappa shape index (κ2) is 8.19. The maximum absolute atomic E-state index is 13.2. The molecule has 0 saturated carbocycles. The molecule has 1 saturated heterocycles. The SMILES string of the molecule is CN1CCN(C(=O)c2cc(N/N=C/c3ccccc3)nc3ccccc23)CC1. The fraction of sp³-hybridized carbons (Fsp3) is 0.227. The van der Waals surface area contributed by atoms with Crippen LogP contribution in [0.2, 0.25) is 0 Å². The van der Waals surface area contributed by atoms with Gasteiger partial charge in [0.2, 0.25) is 0 Å². The molecule has 6 nitrogen and oxygen atoms in total. The Balaban J connectivity index is 1.62. The number of benzene rings is 2. The summed E-state index contributed by atoms with van der Waals surface area (Å²) in [6.45, 7) is 3.25. The molecule has 2 heterocycles. The van der Waals surface area contributed by atoms with E-state index in [0.717, 1.165) is 42.6 Å². The molecule has 0 spiro atoms. The predicted octanol–water partition coefficient (Wildman–Crippen LogP) is 3.07. The van der Waals surface area contributed by atoms with E-state index in [-0.39, 0.29) is 5.91 Å². The van der Waals surface area contributed by atoms with E-state index < -0.39 is 0 Å². The summed E-state index contributed by atoms with van der Waals surface area (Å²) in [7, 11) is 2.08. The number of fused-ring (bicyclic) bond motifs is 1. The van der Waals surface area contributed by atoms with Crippen molar-refractivity contribution in [2.75, 3.05) is 38.7 Å². The first kappa shape index (κ1) is 18.1. The lowest BCUT2D eigenvalue weighted by molar-refractivity contribution is 0.0666. The Bertz CT molecular complexity index is 994. The monoisotopic (exact) mass is 373 g/mol. The molecule has 0 bridgehead atoms. The number of likely N-dealkylation sites (N-methyl/N-ethyl adjacent to an activating group) is 1. The molecular formula is C22H23N5O. The van der Waals surface area contributed by atoms with Crippen molar-refractivity contribution < 1.29 is 4.79 Å². The topological polar surface area (TPSA) is 60.8 Å². The molecule has 6 heteroatoms. The molecule has 0 atom stereocenters. The number of pyridine rings is 1. The summed E-state index contributed by atoms with van der Waals surface area (Å²) >= 11 is 0. The lowest BCUT2D eigenvalue weighted by atomic mass is 10.1. The van der Waals surface area contributed by atoms with Crippen molar-refractivity contribution >= 4 is 28.8 Å². The van der Waals surface area contributed by atoms with E-state index in [2.05, 4.69) is 27.5 Å². The average Bonchev–Trinajstić information content (AvgIpc) is 2.74. The van der Waals surface area contributed by atoms with Crippen LogP contribution < -0.4 is 5.43 Å². The van der Waals surface area contributed by atoms with E-state index in [0.29, 0.717) is 11.4 Å². The van der Waals surface area contributed by atoms with Gasteiger partial charge in [-0.3, -0.25) is 10.2 Å². The molecule has 0 aliphatic carbocycles. The van der Waals surface area contributed by atoms with Gasteiger partial charge < -0.3 is 9.80 Å². The van der Waals surface area contributed by atoms with Crippen molar-refractivity contribution in [3.63, 3.8) is 0 Å². The Morgan fingerprint density at radius 2 is 1.75 bits per heavy atom. The molecular weight excluding hydrogens is 350 g/mol. The van der Waals surface area contributed by atoms with Crippen LogP contribution in [0.5, 0.6) is 0 Å². The number of para-hydroxylation sites is 1. The smallest absolute Gasteiger partial charge is 0.254 e. The first-order chi connectivity index (χ1) is 13.7. The highest BCUT2D eigenvalue weighted by atomic mass is 16.2. The van der Waals surface area contributed by atoms with Gasteiger partial charge in [-0.05, 0) is 24.7 Å². The number of rotatable bonds is 4. The predicted molar refractivity (Wildman–Crippen MR) is 113 cm³/mol. The quantitative estimate of drug-likeness (QED) is 0.564. The first-order valence-corrected chi connectivity index (χ1v) is 9.42. The highest BCUT2D eigenvalue weighted by molar-refractivity contribution is 6.07. The third-order valence-corrected chi connectivity index (χ3v) is 4.93. The zero-order valence-corrected chi connectivity index (χ0v) is 15.9. The molecule has 1 aliphatic rings. The van der Waals surface area contributed by atoms with Gasteiger partial charge in [0.25, 0.3) is 5.91 Å². The van der Waals surface area contributed by atoms with E-state index >= 15 is 0 Å². The van der Waals surface area contributed by atoms with E-state index in [1.54, 1.807) is 12.3 Å². The Kier molecular flexibility index (Phi) is 5.30. The van der Waals surface area contributed by atoms with Crippen LogP contribution in [0.4, 0.5) is 5.82 Å². The van der Waals surface area contributed by atoms with Gasteiger partial charge in [-0.2, -0.15) is 5.10 Å². The van der Waals surface area contributed by atoms with Gasteiger partial charge in [-0.25, -0.2) is 4.98 Å². The lowest BCUT2D eigenvalue weighted by Gasteiger charge is -2.32. The van der Waals surface area contributed by atoms with E-state index in [1.807, 2.05) is 59.5 Å². The van der Waals surface area contributed by atoms with Crippen LogP contribution in [0.1, 0.15) is 15.9 Å². The molecule has 0 radical (unpaired) electrons. The largest absolute Gasteiger partial charge is 0.336 e. The normalized spacial score (nSPS) is 15.2. The fourth-order valence-electron chi connectivity index (χ4n) is 3.30. The van der Waals surface area contributed by atoms with Crippen LogP contribution in [0, 0.1) is 0 Å². The molecule has 1 aromatic heterocycles.